The van der Waals surface area contributed by atoms with E-state index in [4.69, 9.17) is 9.47 Å². The molecule has 1 radical (unpaired) electrons. The maximum Gasteiger partial charge on any atom is 0.411 e. The second-order valence-electron chi connectivity index (χ2n) is 6.31. The van der Waals surface area contributed by atoms with E-state index >= 15 is 0 Å². The van der Waals surface area contributed by atoms with E-state index in [2.05, 4.69) is 10.6 Å². The zero-order valence-electron chi connectivity index (χ0n) is 17.0. The molecule has 11 heteroatoms. The molecule has 0 aliphatic heterocycles. The number of carbonyl (C=O) groups excluding carboxylic acids is 1. The van der Waals surface area contributed by atoms with Crippen molar-refractivity contribution in [2.45, 2.75) is 4.90 Å². The largest absolute Gasteiger partial charge is 0.507 e. The summed E-state index contributed by atoms with van der Waals surface area (Å²) >= 11 is 0. The minimum Gasteiger partial charge on any atom is -0.507 e. The zero-order valence-corrected chi connectivity index (χ0v) is 20.9. The van der Waals surface area contributed by atoms with Crippen LogP contribution < -0.4 is 10.6 Å². The van der Waals surface area contributed by atoms with E-state index in [9.17, 15) is 22.9 Å². The van der Waals surface area contributed by atoms with Gasteiger partial charge in [0.15, 0.2) is 0 Å². The van der Waals surface area contributed by atoms with Crippen molar-refractivity contribution in [2.24, 2.45) is 0 Å². The number of benzene rings is 3. The SMILES string of the molecule is COCCOC(=O)Nc1ccc(Nc2ccc3c(O)cc(S(=O)(=O)O)cc3c2)cc1.[K]. The van der Waals surface area contributed by atoms with Crippen LogP contribution in [-0.2, 0) is 19.6 Å². The van der Waals surface area contributed by atoms with Crippen LogP contribution in [0.15, 0.2) is 59.5 Å². The molecule has 31 heavy (non-hydrogen) atoms. The molecule has 0 spiro atoms. The Kier molecular flexibility index (Phi) is 9.27. The molecule has 0 saturated heterocycles. The van der Waals surface area contributed by atoms with Crippen LogP contribution >= 0.6 is 0 Å². The summed E-state index contributed by atoms with van der Waals surface area (Å²) in [7, 11) is -2.93. The first kappa shape index (κ1) is 25.6. The van der Waals surface area contributed by atoms with Crippen molar-refractivity contribution in [3.8, 4) is 5.75 Å². The number of carbonyl (C=O) groups is 1. The standard InChI is InChI=1S/C20H20N2O7S.K/c1-28-8-9-29-20(24)22-15-4-2-14(3-5-15)21-16-6-7-18-13(10-16)11-17(12-19(18)23)30(25,26)27;/h2-7,10-12,21,23H,8-9H2,1H3,(H,22,24)(H,25,26,27);. The molecule has 0 unspecified atom stereocenters. The zero-order chi connectivity index (χ0) is 21.7. The number of nitrogens with one attached hydrogen (secondary N) is 2. The van der Waals surface area contributed by atoms with Crippen molar-refractivity contribution in [2.75, 3.05) is 31.0 Å². The van der Waals surface area contributed by atoms with Crippen molar-refractivity contribution < 1.29 is 32.3 Å². The molecular formula is C20H20KN2O7S. The normalized spacial score (nSPS) is 10.9. The van der Waals surface area contributed by atoms with Crippen LogP contribution in [0.3, 0.4) is 0 Å². The van der Waals surface area contributed by atoms with Gasteiger partial charge in [0.1, 0.15) is 12.4 Å². The molecule has 0 saturated carbocycles. The average molecular weight is 472 g/mol. The molecule has 159 valence electrons. The average Bonchev–Trinajstić information content (AvgIpc) is 2.69. The Hall–Kier alpha value is -1.70. The van der Waals surface area contributed by atoms with Crippen molar-refractivity contribution in [1.29, 1.82) is 0 Å². The summed E-state index contributed by atoms with van der Waals surface area (Å²) in [6, 6.07) is 14.1. The number of phenolic OH excluding ortho intramolecular Hbond substituents is 1. The number of fused-ring (bicyclic) bond motifs is 1. The first-order chi connectivity index (χ1) is 14.3. The summed E-state index contributed by atoms with van der Waals surface area (Å²) in [5.74, 6) is -0.250. The first-order valence-electron chi connectivity index (χ1n) is 8.80. The topological polar surface area (TPSA) is 134 Å². The molecule has 3 aromatic carbocycles. The summed E-state index contributed by atoms with van der Waals surface area (Å²) in [5, 5.41) is 16.6. The fourth-order valence-electron chi connectivity index (χ4n) is 2.72. The maximum absolute atomic E-state index is 11.6. The fraction of sp³-hybridized carbons (Fsp3) is 0.150. The number of hydrogen-bond donors (Lipinski definition) is 4. The van der Waals surface area contributed by atoms with Crippen LogP contribution in [0, 0.1) is 0 Å². The fourth-order valence-corrected chi connectivity index (χ4v) is 3.26. The minimum absolute atomic E-state index is 0. The van der Waals surface area contributed by atoms with E-state index in [0.29, 0.717) is 34.4 Å². The van der Waals surface area contributed by atoms with Gasteiger partial charge < -0.3 is 19.9 Å². The first-order valence-corrected chi connectivity index (χ1v) is 10.2. The molecule has 3 rings (SSSR count). The molecule has 0 aliphatic rings. The third kappa shape index (κ3) is 7.15. The van der Waals surface area contributed by atoms with E-state index in [1.807, 2.05) is 0 Å². The number of amides is 1. The molecule has 0 aromatic heterocycles. The minimum atomic E-state index is -4.44. The summed E-state index contributed by atoms with van der Waals surface area (Å²) in [6.07, 6.45) is -0.586. The Bertz CT molecular complexity index is 1170. The van der Waals surface area contributed by atoms with Gasteiger partial charge >= 0.3 is 6.09 Å². The van der Waals surface area contributed by atoms with Crippen molar-refractivity contribution in [3.63, 3.8) is 0 Å². The molecule has 0 aliphatic carbocycles. The summed E-state index contributed by atoms with van der Waals surface area (Å²) in [6.45, 7) is 0.463. The quantitative estimate of drug-likeness (QED) is 0.234. The van der Waals surface area contributed by atoms with Crippen molar-refractivity contribution >= 4 is 95.4 Å². The van der Waals surface area contributed by atoms with E-state index in [1.165, 1.54) is 13.2 Å². The third-order valence-corrected chi connectivity index (χ3v) is 4.97. The number of hydrogen-bond acceptors (Lipinski definition) is 7. The smallest absolute Gasteiger partial charge is 0.411 e. The van der Waals surface area contributed by atoms with Crippen LogP contribution in [0.25, 0.3) is 10.8 Å². The van der Waals surface area contributed by atoms with Crippen LogP contribution in [0.4, 0.5) is 21.9 Å². The summed E-state index contributed by atoms with van der Waals surface area (Å²) in [5.41, 5.74) is 1.89. The Labute approximate surface area is 221 Å². The van der Waals surface area contributed by atoms with Crippen LogP contribution in [0.5, 0.6) is 5.75 Å². The molecule has 4 N–H and O–H groups in total. The Morgan fingerprint density at radius 2 is 1.61 bits per heavy atom. The van der Waals surface area contributed by atoms with E-state index in [-0.39, 0.29) is 63.7 Å². The molecule has 0 atom stereocenters. The second-order valence-corrected chi connectivity index (χ2v) is 7.73. The van der Waals surface area contributed by atoms with Crippen LogP contribution in [0.1, 0.15) is 0 Å². The maximum atomic E-state index is 11.6. The Balaban J connectivity index is 0.00000341. The van der Waals surface area contributed by atoms with E-state index in [1.54, 1.807) is 42.5 Å². The number of phenols is 1. The van der Waals surface area contributed by atoms with Gasteiger partial charge in [-0.2, -0.15) is 8.42 Å². The molecule has 9 nitrogen and oxygen atoms in total. The number of aromatic hydroxyl groups is 1. The monoisotopic (exact) mass is 471 g/mol. The number of rotatable bonds is 7. The number of methoxy groups -OCH3 is 1. The van der Waals surface area contributed by atoms with Gasteiger partial charge in [0.05, 0.1) is 11.5 Å². The van der Waals surface area contributed by atoms with E-state index < -0.39 is 21.1 Å². The second kappa shape index (κ2) is 11.2. The molecule has 0 bridgehead atoms. The number of anilines is 3. The number of ether oxygens (including phenoxy) is 2. The predicted octanol–water partition coefficient (Wildman–Crippen LogP) is 3.35. The van der Waals surface area contributed by atoms with Crippen LogP contribution in [-0.4, -0.2) is 95.9 Å². The molecule has 0 heterocycles. The Morgan fingerprint density at radius 1 is 0.968 bits per heavy atom. The molecule has 0 fully saturated rings. The predicted molar refractivity (Wildman–Crippen MR) is 118 cm³/mol. The molecule has 1 amide bonds. The van der Waals surface area contributed by atoms with Crippen molar-refractivity contribution in [3.05, 3.63) is 54.6 Å². The van der Waals surface area contributed by atoms with Gasteiger partial charge in [0.25, 0.3) is 10.1 Å². The Morgan fingerprint density at radius 3 is 2.26 bits per heavy atom. The van der Waals surface area contributed by atoms with Gasteiger partial charge in [-0.1, -0.05) is 0 Å². The summed E-state index contributed by atoms with van der Waals surface area (Å²) < 4.78 is 41.7. The van der Waals surface area contributed by atoms with Gasteiger partial charge in [-0.25, -0.2) is 4.79 Å². The molecular weight excluding hydrogens is 451 g/mol. The molecule has 3 aromatic rings. The van der Waals surface area contributed by atoms with Gasteiger partial charge in [-0.15, -0.1) is 0 Å². The third-order valence-electron chi connectivity index (χ3n) is 4.14. The van der Waals surface area contributed by atoms with Crippen molar-refractivity contribution in [1.82, 2.24) is 0 Å². The van der Waals surface area contributed by atoms with Gasteiger partial charge in [-0.3, -0.25) is 9.87 Å². The van der Waals surface area contributed by atoms with Gasteiger partial charge in [0.2, 0.25) is 0 Å². The van der Waals surface area contributed by atoms with Gasteiger partial charge in [-0.05, 0) is 53.9 Å². The summed E-state index contributed by atoms with van der Waals surface area (Å²) in [4.78, 5) is 11.2. The van der Waals surface area contributed by atoms with Crippen LogP contribution in [0.2, 0.25) is 0 Å². The van der Waals surface area contributed by atoms with E-state index in [0.717, 1.165) is 6.07 Å². The van der Waals surface area contributed by atoms with Gasteiger partial charge in [0, 0.05) is 87.0 Å².